The lowest BCUT2D eigenvalue weighted by Gasteiger charge is -2.14. The zero-order valence-electron chi connectivity index (χ0n) is 18.7. The van der Waals surface area contributed by atoms with Crippen LogP contribution in [0, 0.1) is 25.7 Å². The normalized spacial score (nSPS) is 11.0. The Morgan fingerprint density at radius 3 is 2.43 bits per heavy atom. The monoisotopic (exact) mass is 476 g/mol. The molecule has 0 aliphatic rings. The molecule has 176 valence electrons. The Morgan fingerprint density at radius 1 is 1.03 bits per heavy atom. The summed E-state index contributed by atoms with van der Waals surface area (Å²) < 4.78 is 42.0. The van der Waals surface area contributed by atoms with Gasteiger partial charge in [0.05, 0.1) is 23.1 Å². The van der Waals surface area contributed by atoms with Gasteiger partial charge >= 0.3 is 6.18 Å². The number of alkyl halides is 3. The Hall–Kier alpha value is -4.65. The summed E-state index contributed by atoms with van der Waals surface area (Å²) in [5.74, 6) is 5.42. The average Bonchev–Trinajstić information content (AvgIpc) is 3.25. The van der Waals surface area contributed by atoms with Crippen molar-refractivity contribution in [2.24, 2.45) is 0 Å². The van der Waals surface area contributed by atoms with Crippen LogP contribution in [0.4, 0.5) is 24.8 Å². The Kier molecular flexibility index (Phi) is 6.25. The van der Waals surface area contributed by atoms with E-state index < -0.39 is 17.6 Å². The van der Waals surface area contributed by atoms with Gasteiger partial charge in [0.2, 0.25) is 5.95 Å². The maximum Gasteiger partial charge on any atom is 0.416 e. The first-order chi connectivity index (χ1) is 16.6. The topological polar surface area (TPSA) is 98.7 Å². The molecule has 2 aromatic heterocycles. The maximum atomic E-state index is 13.5. The van der Waals surface area contributed by atoms with Gasteiger partial charge in [0.25, 0.3) is 5.91 Å². The van der Waals surface area contributed by atoms with E-state index in [-0.39, 0.29) is 22.9 Å². The minimum atomic E-state index is -4.59. The molecule has 0 fully saturated rings. The predicted molar refractivity (Wildman–Crippen MR) is 125 cm³/mol. The van der Waals surface area contributed by atoms with Gasteiger partial charge < -0.3 is 15.6 Å². The molecule has 0 atom stereocenters. The van der Waals surface area contributed by atoms with Gasteiger partial charge in [0.1, 0.15) is 0 Å². The van der Waals surface area contributed by atoms with E-state index in [1.807, 2.05) is 6.92 Å². The number of anilines is 2. The molecule has 0 aliphatic carbocycles. The first-order valence-electron chi connectivity index (χ1n) is 10.3. The van der Waals surface area contributed by atoms with Gasteiger partial charge in [0, 0.05) is 41.1 Å². The minimum absolute atomic E-state index is 0.00147. The van der Waals surface area contributed by atoms with Gasteiger partial charge in [-0.05, 0) is 49.7 Å². The van der Waals surface area contributed by atoms with E-state index in [2.05, 4.69) is 32.1 Å². The fraction of sp³-hybridized carbons (Fsp3) is 0.120. The van der Waals surface area contributed by atoms with Crippen molar-refractivity contribution in [1.29, 1.82) is 0 Å². The Morgan fingerprint density at radius 2 is 1.77 bits per heavy atom. The molecular formula is C25H19F3N6O. The number of carbonyl (C=O) groups is 1. The summed E-state index contributed by atoms with van der Waals surface area (Å²) in [5.41, 5.74) is 7.62. The van der Waals surface area contributed by atoms with Crippen molar-refractivity contribution in [3.05, 3.63) is 94.8 Å². The quantitative estimate of drug-likeness (QED) is 0.423. The van der Waals surface area contributed by atoms with Crippen molar-refractivity contribution in [1.82, 2.24) is 19.5 Å². The van der Waals surface area contributed by atoms with Gasteiger partial charge in [-0.3, -0.25) is 4.79 Å². The molecule has 0 spiro atoms. The minimum Gasteiger partial charge on any atom is -0.368 e. The van der Waals surface area contributed by atoms with E-state index in [1.54, 1.807) is 31.3 Å². The summed E-state index contributed by atoms with van der Waals surface area (Å²) in [6.45, 7) is 3.56. The number of carbonyl (C=O) groups excluding carboxylic acids is 1. The lowest BCUT2D eigenvalue weighted by molar-refractivity contribution is -0.137. The number of hydrogen-bond acceptors (Lipinski definition) is 5. The van der Waals surface area contributed by atoms with Crippen molar-refractivity contribution in [2.45, 2.75) is 20.0 Å². The van der Waals surface area contributed by atoms with Crippen LogP contribution < -0.4 is 11.1 Å². The molecular weight excluding hydrogens is 457 g/mol. The van der Waals surface area contributed by atoms with E-state index in [1.165, 1.54) is 29.4 Å². The molecule has 7 nitrogen and oxygen atoms in total. The van der Waals surface area contributed by atoms with E-state index in [4.69, 9.17) is 5.73 Å². The number of hydrogen-bond donors (Lipinski definition) is 2. The molecule has 4 rings (SSSR count). The van der Waals surface area contributed by atoms with E-state index in [9.17, 15) is 18.0 Å². The Labute approximate surface area is 198 Å². The van der Waals surface area contributed by atoms with Gasteiger partial charge in [-0.25, -0.2) is 15.0 Å². The van der Waals surface area contributed by atoms with E-state index in [0.717, 1.165) is 17.7 Å². The number of amides is 1. The molecule has 3 N–H and O–H groups in total. The second-order valence-corrected chi connectivity index (χ2v) is 7.75. The molecule has 0 saturated carbocycles. The summed E-state index contributed by atoms with van der Waals surface area (Å²) in [7, 11) is 0. The highest BCUT2D eigenvalue weighted by Gasteiger charge is 2.31. The lowest BCUT2D eigenvalue weighted by Crippen LogP contribution is -2.14. The second kappa shape index (κ2) is 9.30. The summed E-state index contributed by atoms with van der Waals surface area (Å²) in [4.78, 5) is 24.7. The Balaban J connectivity index is 1.63. The van der Waals surface area contributed by atoms with E-state index >= 15 is 0 Å². The largest absolute Gasteiger partial charge is 0.416 e. The number of halogens is 3. The number of nitrogens with two attached hydrogens (primary N) is 1. The molecule has 0 bridgehead atoms. The zero-order valence-corrected chi connectivity index (χ0v) is 18.7. The molecule has 0 saturated heterocycles. The smallest absolute Gasteiger partial charge is 0.368 e. The van der Waals surface area contributed by atoms with Gasteiger partial charge in [-0.2, -0.15) is 13.2 Å². The second-order valence-electron chi connectivity index (χ2n) is 7.75. The molecule has 4 aromatic rings. The zero-order chi connectivity index (χ0) is 25.2. The van der Waals surface area contributed by atoms with Crippen molar-refractivity contribution in [2.75, 3.05) is 11.1 Å². The van der Waals surface area contributed by atoms with Crippen LogP contribution in [0.15, 0.2) is 61.3 Å². The van der Waals surface area contributed by atoms with Crippen LogP contribution in [0.3, 0.4) is 0 Å². The van der Waals surface area contributed by atoms with Crippen molar-refractivity contribution >= 4 is 17.5 Å². The van der Waals surface area contributed by atoms with Crippen LogP contribution in [0.2, 0.25) is 0 Å². The number of rotatable bonds is 3. The van der Waals surface area contributed by atoms with Crippen LogP contribution >= 0.6 is 0 Å². The molecule has 10 heteroatoms. The number of nitrogens with zero attached hydrogens (tertiary/aromatic N) is 4. The summed E-state index contributed by atoms with van der Waals surface area (Å²) >= 11 is 0. The van der Waals surface area contributed by atoms with Crippen LogP contribution in [0.5, 0.6) is 0 Å². The molecule has 1 amide bonds. The summed E-state index contributed by atoms with van der Waals surface area (Å²) in [5, 5.41) is 2.56. The number of aryl methyl sites for hydroxylation is 2. The highest BCUT2D eigenvalue weighted by Crippen LogP contribution is 2.33. The van der Waals surface area contributed by atoms with Crippen LogP contribution in [0.1, 0.15) is 38.3 Å². The third-order valence-corrected chi connectivity index (χ3v) is 5.03. The fourth-order valence-electron chi connectivity index (χ4n) is 3.20. The molecule has 0 aliphatic heterocycles. The molecule has 2 heterocycles. The van der Waals surface area contributed by atoms with Crippen LogP contribution in [0.25, 0.3) is 5.69 Å². The van der Waals surface area contributed by atoms with Gasteiger partial charge in [0.15, 0.2) is 0 Å². The fourth-order valence-corrected chi connectivity index (χ4v) is 3.20. The van der Waals surface area contributed by atoms with Crippen molar-refractivity contribution in [3.8, 4) is 17.5 Å². The predicted octanol–water partition coefficient (Wildman–Crippen LogP) is 4.53. The van der Waals surface area contributed by atoms with Crippen molar-refractivity contribution < 1.29 is 18.0 Å². The maximum absolute atomic E-state index is 13.5. The SMILES string of the molecule is Cc1cn(-c2cc(NC(=O)c3ccc(C)c(C#Cc4cnc(N)nc4)c3)cc(C(F)(F)F)c2)cn1. The first kappa shape index (κ1) is 23.5. The first-order valence-corrected chi connectivity index (χ1v) is 10.3. The highest BCUT2D eigenvalue weighted by molar-refractivity contribution is 6.04. The molecule has 35 heavy (non-hydrogen) atoms. The van der Waals surface area contributed by atoms with Gasteiger partial charge in [-0.15, -0.1) is 0 Å². The molecule has 0 radical (unpaired) electrons. The summed E-state index contributed by atoms with van der Waals surface area (Å²) in [6, 6.07) is 8.20. The standard InChI is InChI=1S/C25H19F3N6O/c1-15-3-5-19(7-18(15)6-4-17-11-30-24(29)31-12-17)23(35)33-21-8-20(25(26,27)28)9-22(10-21)34-13-16(2)32-14-34/h3,5,7-14H,1-2H3,(H,33,35)(H2,29,30,31). The number of nitrogens with one attached hydrogen (secondary N) is 1. The third kappa shape index (κ3) is 5.65. The molecule has 2 aromatic carbocycles. The number of benzene rings is 2. The number of aromatic nitrogens is 4. The van der Waals surface area contributed by atoms with Crippen LogP contribution in [-0.4, -0.2) is 25.4 Å². The lowest BCUT2D eigenvalue weighted by atomic mass is 10.0. The average molecular weight is 476 g/mol. The Bertz CT molecular complexity index is 1460. The number of nitrogen functional groups attached to an aromatic ring is 1. The van der Waals surface area contributed by atoms with Gasteiger partial charge in [-0.1, -0.05) is 17.9 Å². The third-order valence-electron chi connectivity index (χ3n) is 5.03. The van der Waals surface area contributed by atoms with Crippen molar-refractivity contribution in [3.63, 3.8) is 0 Å². The van der Waals surface area contributed by atoms with Crippen LogP contribution in [-0.2, 0) is 6.18 Å². The van der Waals surface area contributed by atoms with E-state index in [0.29, 0.717) is 16.8 Å². The summed E-state index contributed by atoms with van der Waals surface area (Å²) in [6.07, 6.45) is 1.37. The number of imidazole rings is 1. The molecule has 0 unspecified atom stereocenters. The highest BCUT2D eigenvalue weighted by atomic mass is 19.4.